The van der Waals surface area contributed by atoms with Crippen molar-refractivity contribution in [2.24, 2.45) is 4.99 Å². The number of halogens is 1. The van der Waals surface area contributed by atoms with Gasteiger partial charge in [-0.05, 0) is 13.3 Å². The molecule has 1 aromatic rings. The van der Waals surface area contributed by atoms with Crippen molar-refractivity contribution in [3.05, 3.63) is 24.3 Å². The summed E-state index contributed by atoms with van der Waals surface area (Å²) in [5.74, 6) is 2.42. The lowest BCUT2D eigenvalue weighted by Crippen LogP contribution is -2.31. The smallest absolute Gasteiger partial charge is 0.203 e. The lowest BCUT2D eigenvalue weighted by atomic mass is 10.2. The Morgan fingerprint density at radius 3 is 2.17 bits per heavy atom. The average molecular weight is 435 g/mol. The van der Waals surface area contributed by atoms with E-state index >= 15 is 0 Å². The molecule has 6 nitrogen and oxygen atoms in total. The number of hydrogen-bond donors (Lipinski definition) is 2. The molecule has 2 N–H and O–H groups in total. The van der Waals surface area contributed by atoms with Crippen molar-refractivity contribution in [3.8, 4) is 17.2 Å². The zero-order valence-electron chi connectivity index (χ0n) is 14.3. The van der Waals surface area contributed by atoms with Crippen LogP contribution in [0.5, 0.6) is 17.2 Å². The van der Waals surface area contributed by atoms with E-state index in [1.54, 1.807) is 28.4 Å². The van der Waals surface area contributed by atoms with Crippen LogP contribution in [-0.4, -0.2) is 40.9 Å². The zero-order valence-corrected chi connectivity index (χ0v) is 16.6. The molecule has 1 rings (SSSR count). The molecule has 0 radical (unpaired) electrons. The molecule has 0 fully saturated rings. The summed E-state index contributed by atoms with van der Waals surface area (Å²) in [6.45, 7) is 2.80. The number of nitrogens with one attached hydrogen (secondary N) is 2. The largest absolute Gasteiger partial charge is 0.493 e. The number of nitrogens with zero attached hydrogens (tertiary/aromatic N) is 1. The maximum Gasteiger partial charge on any atom is 0.203 e. The number of methoxy groups -OCH3 is 3. The number of rotatable bonds is 7. The number of ether oxygens (including phenoxy) is 3. The Balaban J connectivity index is 0.00000484. The van der Waals surface area contributed by atoms with Crippen LogP contribution in [0.2, 0.25) is 0 Å². The van der Waals surface area contributed by atoms with E-state index in [0.29, 0.717) is 23.2 Å². The highest BCUT2D eigenvalue weighted by atomic mass is 127. The summed E-state index contributed by atoms with van der Waals surface area (Å²) in [6.07, 6.45) is 5.06. The molecule has 0 aliphatic carbocycles. The quantitative estimate of drug-likeness (QED) is 0.226. The minimum Gasteiger partial charge on any atom is -0.493 e. The fourth-order valence-corrected chi connectivity index (χ4v) is 1.91. The van der Waals surface area contributed by atoms with E-state index in [9.17, 15) is 0 Å². The molecule has 0 saturated carbocycles. The van der Waals surface area contributed by atoms with Gasteiger partial charge in [-0.2, -0.15) is 0 Å². The van der Waals surface area contributed by atoms with Gasteiger partial charge in [0.15, 0.2) is 17.5 Å². The van der Waals surface area contributed by atoms with E-state index in [4.69, 9.17) is 14.2 Å². The monoisotopic (exact) mass is 435 g/mol. The van der Waals surface area contributed by atoms with Crippen LogP contribution in [-0.2, 0) is 0 Å². The minimum atomic E-state index is 0. The summed E-state index contributed by atoms with van der Waals surface area (Å²) in [5, 5.41) is 6.44. The molecular weight excluding hydrogens is 409 g/mol. The van der Waals surface area contributed by atoms with Gasteiger partial charge in [0.2, 0.25) is 5.75 Å². The number of anilines is 1. The summed E-state index contributed by atoms with van der Waals surface area (Å²) in [4.78, 5) is 4.19. The minimum absolute atomic E-state index is 0. The standard InChI is InChI=1S/C16H25N3O3.HI/c1-6-7-8-9-18-16(17-2)19-12-10-13(20-3)15(22-5)14(11-12)21-4;/h6-7,10-11H,8-9H2,1-5H3,(H2,17,18,19);1H. The first-order chi connectivity index (χ1) is 10.7. The molecule has 1 aromatic carbocycles. The molecule has 0 bridgehead atoms. The predicted molar refractivity (Wildman–Crippen MR) is 106 cm³/mol. The fourth-order valence-electron chi connectivity index (χ4n) is 1.91. The van der Waals surface area contributed by atoms with Crippen molar-refractivity contribution >= 4 is 35.6 Å². The highest BCUT2D eigenvalue weighted by Gasteiger charge is 2.13. The Bertz CT molecular complexity index is 508. The molecule has 0 heterocycles. The molecule has 23 heavy (non-hydrogen) atoms. The topological polar surface area (TPSA) is 64.1 Å². The normalized spacial score (nSPS) is 10.9. The first kappa shape index (κ1) is 21.4. The van der Waals surface area contributed by atoms with Crippen molar-refractivity contribution < 1.29 is 14.2 Å². The van der Waals surface area contributed by atoms with Crippen LogP contribution >= 0.6 is 24.0 Å². The third-order valence-corrected chi connectivity index (χ3v) is 2.99. The van der Waals surface area contributed by atoms with Crippen LogP contribution in [0.15, 0.2) is 29.3 Å². The molecular formula is C16H26IN3O3. The number of aliphatic imine (C=N–C) groups is 1. The van der Waals surface area contributed by atoms with Crippen molar-refractivity contribution in [2.75, 3.05) is 40.2 Å². The molecule has 0 aliphatic heterocycles. The van der Waals surface area contributed by atoms with Gasteiger partial charge < -0.3 is 24.8 Å². The Kier molecular flexibility index (Phi) is 11.0. The average Bonchev–Trinajstić information content (AvgIpc) is 2.56. The van der Waals surface area contributed by atoms with E-state index in [-0.39, 0.29) is 24.0 Å². The highest BCUT2D eigenvalue weighted by Crippen LogP contribution is 2.39. The van der Waals surface area contributed by atoms with E-state index in [0.717, 1.165) is 18.7 Å². The van der Waals surface area contributed by atoms with Gasteiger partial charge >= 0.3 is 0 Å². The summed E-state index contributed by atoms with van der Waals surface area (Å²) >= 11 is 0. The fraction of sp³-hybridized carbons (Fsp3) is 0.438. The van der Waals surface area contributed by atoms with Gasteiger partial charge in [-0.1, -0.05) is 12.2 Å². The summed E-state index contributed by atoms with van der Waals surface area (Å²) in [7, 11) is 6.48. The molecule has 0 atom stereocenters. The third kappa shape index (κ3) is 6.55. The number of guanidine groups is 1. The molecule has 0 spiro atoms. The second-order valence-electron chi connectivity index (χ2n) is 4.40. The van der Waals surface area contributed by atoms with Gasteiger partial charge in [-0.25, -0.2) is 0 Å². The van der Waals surface area contributed by atoms with Gasteiger partial charge in [0.05, 0.1) is 21.3 Å². The van der Waals surface area contributed by atoms with Crippen molar-refractivity contribution in [1.29, 1.82) is 0 Å². The van der Waals surface area contributed by atoms with E-state index < -0.39 is 0 Å². The maximum atomic E-state index is 5.33. The van der Waals surface area contributed by atoms with E-state index in [1.165, 1.54) is 0 Å². The molecule has 0 amide bonds. The summed E-state index contributed by atoms with van der Waals surface area (Å²) in [6, 6.07) is 3.67. The van der Waals surface area contributed by atoms with Crippen molar-refractivity contribution in [3.63, 3.8) is 0 Å². The van der Waals surface area contributed by atoms with Gasteiger partial charge in [0, 0.05) is 31.4 Å². The van der Waals surface area contributed by atoms with Gasteiger partial charge in [0.25, 0.3) is 0 Å². The molecule has 0 saturated heterocycles. The van der Waals surface area contributed by atoms with Crippen LogP contribution in [0, 0.1) is 0 Å². The summed E-state index contributed by atoms with van der Waals surface area (Å²) in [5.41, 5.74) is 0.800. The second-order valence-corrected chi connectivity index (χ2v) is 4.40. The van der Waals surface area contributed by atoms with E-state index in [1.807, 2.05) is 25.1 Å². The molecule has 0 unspecified atom stereocenters. The van der Waals surface area contributed by atoms with Gasteiger partial charge in [-0.15, -0.1) is 24.0 Å². The Morgan fingerprint density at radius 1 is 1.13 bits per heavy atom. The number of allylic oxidation sites excluding steroid dienone is 1. The van der Waals surface area contributed by atoms with Crippen LogP contribution in [0.3, 0.4) is 0 Å². The first-order valence-corrected chi connectivity index (χ1v) is 7.09. The Hall–Kier alpha value is -1.64. The zero-order chi connectivity index (χ0) is 16.4. The molecule has 0 aromatic heterocycles. The third-order valence-electron chi connectivity index (χ3n) is 2.99. The second kappa shape index (κ2) is 11.9. The van der Waals surface area contributed by atoms with Gasteiger partial charge in [-0.3, -0.25) is 4.99 Å². The highest BCUT2D eigenvalue weighted by molar-refractivity contribution is 14.0. The SMILES string of the molecule is CC=CCCNC(=NC)Nc1cc(OC)c(OC)c(OC)c1.I. The Morgan fingerprint density at radius 2 is 1.74 bits per heavy atom. The van der Waals surface area contributed by atoms with Crippen molar-refractivity contribution in [2.45, 2.75) is 13.3 Å². The van der Waals surface area contributed by atoms with Crippen LogP contribution < -0.4 is 24.8 Å². The van der Waals surface area contributed by atoms with E-state index in [2.05, 4.69) is 21.7 Å². The number of hydrogen-bond acceptors (Lipinski definition) is 4. The van der Waals surface area contributed by atoms with Crippen molar-refractivity contribution in [1.82, 2.24) is 5.32 Å². The maximum absolute atomic E-state index is 5.33. The first-order valence-electron chi connectivity index (χ1n) is 7.09. The Labute approximate surface area is 155 Å². The summed E-state index contributed by atoms with van der Waals surface area (Å²) < 4.78 is 16.0. The molecule has 0 aliphatic rings. The number of benzene rings is 1. The lowest BCUT2D eigenvalue weighted by Gasteiger charge is -2.16. The van der Waals surface area contributed by atoms with Crippen LogP contribution in [0.1, 0.15) is 13.3 Å². The van der Waals surface area contributed by atoms with Crippen LogP contribution in [0.4, 0.5) is 5.69 Å². The van der Waals surface area contributed by atoms with Crippen LogP contribution in [0.25, 0.3) is 0 Å². The molecule has 7 heteroatoms. The predicted octanol–water partition coefficient (Wildman–Crippen LogP) is 3.28. The van der Waals surface area contributed by atoms with Gasteiger partial charge in [0.1, 0.15) is 0 Å². The lowest BCUT2D eigenvalue weighted by molar-refractivity contribution is 0.324. The molecule has 130 valence electrons.